The van der Waals surface area contributed by atoms with Crippen LogP contribution in [0.4, 0.5) is 18.9 Å². The number of rotatable bonds is 5. The predicted molar refractivity (Wildman–Crippen MR) is 74.1 cm³/mol. The first-order valence-electron chi connectivity index (χ1n) is 6.97. The molecule has 0 amide bonds. The number of nitrogens with two attached hydrogens (primary N) is 1. The van der Waals surface area contributed by atoms with Crippen LogP contribution in [0.15, 0.2) is 18.2 Å². The zero-order chi connectivity index (χ0) is 14.9. The molecule has 1 fully saturated rings. The highest BCUT2D eigenvalue weighted by molar-refractivity contribution is 5.46. The van der Waals surface area contributed by atoms with Crippen LogP contribution in [-0.4, -0.2) is 17.5 Å². The topological polar surface area (TPSA) is 29.3 Å². The Bertz CT molecular complexity index is 465. The number of hydrogen-bond acceptors (Lipinski definition) is 2. The zero-order valence-corrected chi connectivity index (χ0v) is 11.9. The van der Waals surface area contributed by atoms with Crippen molar-refractivity contribution in [1.82, 2.24) is 4.90 Å². The van der Waals surface area contributed by atoms with Crippen LogP contribution in [0, 0.1) is 5.92 Å². The van der Waals surface area contributed by atoms with E-state index in [0.717, 1.165) is 12.6 Å². The fourth-order valence-corrected chi connectivity index (χ4v) is 2.30. The summed E-state index contributed by atoms with van der Waals surface area (Å²) in [7, 11) is 0. The summed E-state index contributed by atoms with van der Waals surface area (Å²) in [4.78, 5) is 2.11. The van der Waals surface area contributed by atoms with Gasteiger partial charge in [-0.2, -0.15) is 13.2 Å². The minimum absolute atomic E-state index is 0.152. The summed E-state index contributed by atoms with van der Waals surface area (Å²) in [5, 5.41) is 0. The fourth-order valence-electron chi connectivity index (χ4n) is 2.30. The van der Waals surface area contributed by atoms with Crippen molar-refractivity contribution in [2.75, 3.05) is 12.3 Å². The lowest BCUT2D eigenvalue weighted by Gasteiger charge is -2.28. The van der Waals surface area contributed by atoms with E-state index in [9.17, 15) is 13.2 Å². The number of hydrogen-bond donors (Lipinski definition) is 1. The highest BCUT2D eigenvalue weighted by Gasteiger charge is 2.34. The fraction of sp³-hybridized carbons (Fsp3) is 0.600. The van der Waals surface area contributed by atoms with Crippen LogP contribution in [-0.2, 0) is 12.7 Å². The van der Waals surface area contributed by atoms with Gasteiger partial charge in [-0.25, -0.2) is 0 Å². The third-order valence-corrected chi connectivity index (χ3v) is 3.73. The second-order valence-electron chi connectivity index (χ2n) is 5.88. The molecule has 112 valence electrons. The molecule has 0 spiro atoms. The third kappa shape index (κ3) is 3.88. The van der Waals surface area contributed by atoms with E-state index < -0.39 is 11.7 Å². The van der Waals surface area contributed by atoms with E-state index in [1.807, 2.05) is 13.8 Å². The molecule has 0 atom stereocenters. The summed E-state index contributed by atoms with van der Waals surface area (Å²) in [6, 6.07) is 4.31. The van der Waals surface area contributed by atoms with Crippen LogP contribution in [0.2, 0.25) is 0 Å². The summed E-state index contributed by atoms with van der Waals surface area (Å²) in [6.45, 7) is 5.24. The molecule has 0 heterocycles. The summed E-state index contributed by atoms with van der Waals surface area (Å²) in [6.07, 6.45) is -1.97. The molecule has 2 rings (SSSR count). The number of nitrogens with zero attached hydrogens (tertiary/aromatic N) is 1. The van der Waals surface area contributed by atoms with E-state index in [0.29, 0.717) is 18.0 Å². The number of benzene rings is 1. The molecule has 0 unspecified atom stereocenters. The number of halogens is 3. The van der Waals surface area contributed by atoms with Crippen LogP contribution in [0.3, 0.4) is 0 Å². The highest BCUT2D eigenvalue weighted by atomic mass is 19.4. The minimum Gasteiger partial charge on any atom is -0.399 e. The molecule has 0 radical (unpaired) electrons. The normalized spacial score (nSPS) is 16.1. The van der Waals surface area contributed by atoms with Gasteiger partial charge in [-0.3, -0.25) is 4.90 Å². The van der Waals surface area contributed by atoms with Gasteiger partial charge in [0, 0.05) is 24.8 Å². The first-order chi connectivity index (χ1) is 9.27. The van der Waals surface area contributed by atoms with E-state index in [-0.39, 0.29) is 11.7 Å². The van der Waals surface area contributed by atoms with Crippen LogP contribution >= 0.6 is 0 Å². The van der Waals surface area contributed by atoms with Gasteiger partial charge in [0.25, 0.3) is 0 Å². The molecule has 0 saturated heterocycles. The molecule has 1 aliphatic carbocycles. The second kappa shape index (κ2) is 5.64. The molecule has 0 aliphatic heterocycles. The van der Waals surface area contributed by atoms with Crippen LogP contribution in [0.1, 0.15) is 37.8 Å². The van der Waals surface area contributed by atoms with Crippen molar-refractivity contribution in [1.29, 1.82) is 0 Å². The van der Waals surface area contributed by atoms with E-state index in [2.05, 4.69) is 4.90 Å². The summed E-state index contributed by atoms with van der Waals surface area (Å²) in [5.41, 5.74) is 5.34. The quantitative estimate of drug-likeness (QED) is 0.832. The maximum absolute atomic E-state index is 13.1. The van der Waals surface area contributed by atoms with Crippen LogP contribution < -0.4 is 5.73 Å². The molecule has 1 aromatic rings. The van der Waals surface area contributed by atoms with Gasteiger partial charge in [-0.1, -0.05) is 6.07 Å². The van der Waals surface area contributed by atoms with E-state index in [1.165, 1.54) is 18.9 Å². The van der Waals surface area contributed by atoms with Crippen molar-refractivity contribution in [2.45, 2.75) is 45.5 Å². The van der Waals surface area contributed by atoms with Gasteiger partial charge in [0.1, 0.15) is 0 Å². The summed E-state index contributed by atoms with van der Waals surface area (Å²) < 4.78 is 39.2. The Morgan fingerprint density at radius 1 is 1.30 bits per heavy atom. The molecule has 20 heavy (non-hydrogen) atoms. The molecule has 1 saturated carbocycles. The SMILES string of the molecule is CC(C)N(Cc1ccc(N)cc1C(F)(F)F)CC1CC1. The first-order valence-corrected chi connectivity index (χ1v) is 6.97. The number of alkyl halides is 3. The molecule has 1 aliphatic rings. The van der Waals surface area contributed by atoms with Gasteiger partial charge in [0.15, 0.2) is 0 Å². The van der Waals surface area contributed by atoms with E-state index >= 15 is 0 Å². The summed E-state index contributed by atoms with van der Waals surface area (Å²) in [5.74, 6) is 0.653. The first kappa shape index (κ1) is 15.2. The molecule has 5 heteroatoms. The molecular weight excluding hydrogens is 265 g/mol. The number of nitrogen functional groups attached to an aromatic ring is 1. The maximum atomic E-state index is 13.1. The molecule has 0 aromatic heterocycles. The minimum atomic E-state index is -4.35. The second-order valence-corrected chi connectivity index (χ2v) is 5.88. The van der Waals surface area contributed by atoms with Crippen molar-refractivity contribution in [2.24, 2.45) is 5.92 Å². The van der Waals surface area contributed by atoms with Crippen molar-refractivity contribution in [3.63, 3.8) is 0 Å². The van der Waals surface area contributed by atoms with Gasteiger partial charge in [0.05, 0.1) is 5.56 Å². The van der Waals surface area contributed by atoms with Gasteiger partial charge < -0.3 is 5.73 Å². The van der Waals surface area contributed by atoms with E-state index in [4.69, 9.17) is 5.73 Å². The van der Waals surface area contributed by atoms with E-state index in [1.54, 1.807) is 6.07 Å². The van der Waals surface area contributed by atoms with Gasteiger partial charge in [-0.15, -0.1) is 0 Å². The Hall–Kier alpha value is -1.23. The Morgan fingerprint density at radius 2 is 1.95 bits per heavy atom. The predicted octanol–water partition coefficient (Wildman–Crippen LogP) is 3.91. The average molecular weight is 286 g/mol. The van der Waals surface area contributed by atoms with Gasteiger partial charge >= 0.3 is 6.18 Å². The Morgan fingerprint density at radius 3 is 2.45 bits per heavy atom. The molecule has 2 nitrogen and oxygen atoms in total. The highest BCUT2D eigenvalue weighted by Crippen LogP contribution is 2.35. The van der Waals surface area contributed by atoms with Crippen molar-refractivity contribution < 1.29 is 13.2 Å². The Balaban J connectivity index is 2.22. The van der Waals surface area contributed by atoms with Crippen molar-refractivity contribution >= 4 is 5.69 Å². The third-order valence-electron chi connectivity index (χ3n) is 3.73. The molecule has 1 aromatic carbocycles. The Kier molecular flexibility index (Phi) is 4.28. The smallest absolute Gasteiger partial charge is 0.399 e. The van der Waals surface area contributed by atoms with Crippen molar-refractivity contribution in [3.8, 4) is 0 Å². The average Bonchev–Trinajstić information content (AvgIpc) is 3.12. The van der Waals surface area contributed by atoms with Gasteiger partial charge in [-0.05, 0) is 50.3 Å². The lowest BCUT2D eigenvalue weighted by Crippen LogP contribution is -2.33. The molecular formula is C15H21F3N2. The summed E-state index contributed by atoms with van der Waals surface area (Å²) >= 11 is 0. The maximum Gasteiger partial charge on any atom is 0.416 e. The monoisotopic (exact) mass is 286 g/mol. The number of anilines is 1. The lowest BCUT2D eigenvalue weighted by atomic mass is 10.0. The van der Waals surface area contributed by atoms with Gasteiger partial charge in [0.2, 0.25) is 0 Å². The largest absolute Gasteiger partial charge is 0.416 e. The van der Waals surface area contributed by atoms with Crippen molar-refractivity contribution in [3.05, 3.63) is 29.3 Å². The zero-order valence-electron chi connectivity index (χ0n) is 11.9. The molecule has 0 bridgehead atoms. The standard InChI is InChI=1S/C15H21F3N2/c1-10(2)20(8-11-3-4-11)9-12-5-6-13(19)7-14(12)15(16,17)18/h5-7,10-11H,3-4,8-9,19H2,1-2H3. The van der Waals surface area contributed by atoms with Crippen LogP contribution in [0.5, 0.6) is 0 Å². The van der Waals surface area contributed by atoms with Crippen LogP contribution in [0.25, 0.3) is 0 Å². The lowest BCUT2D eigenvalue weighted by molar-refractivity contribution is -0.138. The Labute approximate surface area is 117 Å². The molecule has 2 N–H and O–H groups in total.